The Hall–Kier alpha value is -7.04. The highest BCUT2D eigenvalue weighted by molar-refractivity contribution is 6.18. The molecule has 0 N–H and O–H groups in total. The van der Waals surface area contributed by atoms with Crippen molar-refractivity contribution in [3.63, 3.8) is 0 Å². The predicted molar refractivity (Wildman–Crippen MR) is 226 cm³/mol. The third-order valence-corrected chi connectivity index (χ3v) is 11.9. The van der Waals surface area contributed by atoms with Gasteiger partial charge in [-0.1, -0.05) is 123 Å². The molecule has 0 fully saturated rings. The van der Waals surface area contributed by atoms with Crippen LogP contribution in [0.2, 0.25) is 0 Å². The molecule has 0 atom stereocenters. The van der Waals surface area contributed by atoms with Gasteiger partial charge in [0.2, 0.25) is 0 Å². The zero-order valence-electron chi connectivity index (χ0n) is 30.3. The number of fused-ring (bicyclic) bond motifs is 12. The van der Waals surface area contributed by atoms with Crippen molar-refractivity contribution in [2.45, 2.75) is 19.3 Å². The minimum absolute atomic E-state index is 0.152. The molecule has 4 heteroatoms. The third kappa shape index (κ3) is 4.28. The molecule has 260 valence electrons. The van der Waals surface area contributed by atoms with Gasteiger partial charge in [0.15, 0.2) is 5.58 Å². The SMILES string of the molecule is CC1(C)c2ccccc2-c2ccc(N(c3ccc4oc5ccccc5c4c3)c3cccc4c3oc3cc5c(cc34)oc3c(-c4ccccc4)cccc35)cc21. The zero-order valence-corrected chi connectivity index (χ0v) is 30.3. The van der Waals surface area contributed by atoms with Crippen LogP contribution in [0, 0.1) is 0 Å². The van der Waals surface area contributed by atoms with Crippen LogP contribution in [0.1, 0.15) is 25.0 Å². The summed E-state index contributed by atoms with van der Waals surface area (Å²) in [5.41, 5.74) is 15.5. The summed E-state index contributed by atoms with van der Waals surface area (Å²) < 4.78 is 19.9. The van der Waals surface area contributed by atoms with Gasteiger partial charge >= 0.3 is 0 Å². The molecule has 0 spiro atoms. The number of nitrogens with zero attached hydrogens (tertiary/aromatic N) is 1. The Balaban J connectivity index is 1.09. The Morgan fingerprint density at radius 2 is 0.982 bits per heavy atom. The number of hydrogen-bond acceptors (Lipinski definition) is 4. The molecule has 0 unspecified atom stereocenters. The maximum atomic E-state index is 6.97. The summed E-state index contributed by atoms with van der Waals surface area (Å²) in [6.45, 7) is 4.66. The summed E-state index contributed by atoms with van der Waals surface area (Å²) in [6, 6.07) is 58.0. The lowest BCUT2D eigenvalue weighted by atomic mass is 9.82. The molecule has 1 aliphatic carbocycles. The zero-order chi connectivity index (χ0) is 36.4. The van der Waals surface area contributed by atoms with E-state index in [-0.39, 0.29) is 5.41 Å². The van der Waals surface area contributed by atoms with Crippen LogP contribution in [0.25, 0.3) is 88.1 Å². The van der Waals surface area contributed by atoms with E-state index in [2.05, 4.69) is 164 Å². The van der Waals surface area contributed by atoms with Gasteiger partial charge in [0.25, 0.3) is 0 Å². The number of para-hydroxylation sites is 3. The molecule has 0 saturated carbocycles. The fourth-order valence-corrected chi connectivity index (χ4v) is 9.21. The third-order valence-electron chi connectivity index (χ3n) is 11.9. The Morgan fingerprint density at radius 3 is 1.84 bits per heavy atom. The van der Waals surface area contributed by atoms with E-state index in [1.807, 2.05) is 18.2 Å². The Kier molecular flexibility index (Phi) is 6.09. The quantitative estimate of drug-likeness (QED) is 0.183. The van der Waals surface area contributed by atoms with E-state index in [0.29, 0.717) is 0 Å². The van der Waals surface area contributed by atoms with Crippen molar-refractivity contribution in [2.75, 3.05) is 4.90 Å². The number of anilines is 3. The average Bonchev–Trinajstić information content (AvgIpc) is 3.96. The van der Waals surface area contributed by atoms with Gasteiger partial charge in [-0.3, -0.25) is 0 Å². The molecule has 0 amide bonds. The number of rotatable bonds is 4. The molecule has 0 saturated heterocycles. The minimum atomic E-state index is -0.152. The van der Waals surface area contributed by atoms with Gasteiger partial charge in [-0.15, -0.1) is 0 Å². The van der Waals surface area contributed by atoms with E-state index in [1.165, 1.54) is 22.3 Å². The second kappa shape index (κ2) is 11.0. The van der Waals surface area contributed by atoms with Crippen LogP contribution < -0.4 is 4.90 Å². The van der Waals surface area contributed by atoms with Gasteiger partial charge in [0, 0.05) is 54.7 Å². The molecule has 0 radical (unpaired) electrons. The van der Waals surface area contributed by atoms with Gasteiger partial charge in [0.1, 0.15) is 27.9 Å². The van der Waals surface area contributed by atoms with Crippen molar-refractivity contribution in [3.05, 3.63) is 175 Å². The monoisotopic (exact) mass is 707 g/mol. The number of benzene rings is 8. The minimum Gasteiger partial charge on any atom is -0.456 e. The van der Waals surface area contributed by atoms with Crippen LogP contribution in [0.3, 0.4) is 0 Å². The van der Waals surface area contributed by atoms with Crippen LogP contribution in [0.4, 0.5) is 17.1 Å². The lowest BCUT2D eigenvalue weighted by Gasteiger charge is -2.28. The molecule has 12 rings (SSSR count). The Labute approximate surface area is 316 Å². The van der Waals surface area contributed by atoms with E-state index in [9.17, 15) is 0 Å². The fourth-order valence-electron chi connectivity index (χ4n) is 9.21. The van der Waals surface area contributed by atoms with Crippen LogP contribution in [0.5, 0.6) is 0 Å². The summed E-state index contributed by atoms with van der Waals surface area (Å²) in [7, 11) is 0. The Bertz CT molecular complexity index is 3360. The van der Waals surface area contributed by atoms with Crippen LogP contribution in [-0.2, 0) is 5.41 Å². The maximum Gasteiger partial charge on any atom is 0.159 e. The van der Waals surface area contributed by atoms with E-state index < -0.39 is 0 Å². The lowest BCUT2D eigenvalue weighted by molar-refractivity contribution is 0.660. The summed E-state index contributed by atoms with van der Waals surface area (Å²) in [6.07, 6.45) is 0. The average molecular weight is 708 g/mol. The van der Waals surface area contributed by atoms with Gasteiger partial charge in [-0.2, -0.15) is 0 Å². The molecule has 1 aliphatic rings. The molecule has 0 bridgehead atoms. The fraction of sp³-hybridized carbons (Fsp3) is 0.0588. The highest BCUT2D eigenvalue weighted by Crippen LogP contribution is 2.52. The first-order valence-corrected chi connectivity index (χ1v) is 18.8. The van der Waals surface area contributed by atoms with Crippen LogP contribution in [0.15, 0.2) is 177 Å². The smallest absolute Gasteiger partial charge is 0.159 e. The molecule has 4 nitrogen and oxygen atoms in total. The first-order chi connectivity index (χ1) is 27.0. The second-order valence-corrected chi connectivity index (χ2v) is 15.3. The standard InChI is InChI=1S/C51H33NO3/c1-51(2)42-19-8-6-14-34(42)35-24-22-32(27-43(35)51)52(31-23-25-46-39(26-31)36-15-7-9-21-45(36)53-46)44-20-11-18-38-41-29-47-40(28-48(41)55-50(38)44)37-17-10-16-33(49(37)54-47)30-12-4-3-5-13-30/h3-29H,1-2H3. The highest BCUT2D eigenvalue weighted by atomic mass is 16.3. The van der Waals surface area contributed by atoms with E-state index in [0.717, 1.165) is 94.0 Å². The van der Waals surface area contributed by atoms with E-state index in [1.54, 1.807) is 0 Å². The van der Waals surface area contributed by atoms with Gasteiger partial charge < -0.3 is 18.2 Å². The summed E-state index contributed by atoms with van der Waals surface area (Å²) in [5, 5.41) is 6.33. The van der Waals surface area contributed by atoms with Crippen molar-refractivity contribution < 1.29 is 13.3 Å². The second-order valence-electron chi connectivity index (χ2n) is 15.3. The van der Waals surface area contributed by atoms with Gasteiger partial charge in [-0.25, -0.2) is 0 Å². The molecule has 3 aromatic heterocycles. The molecule has 55 heavy (non-hydrogen) atoms. The summed E-state index contributed by atoms with van der Waals surface area (Å²) in [4.78, 5) is 2.34. The normalized spacial score (nSPS) is 13.4. The number of hydrogen-bond donors (Lipinski definition) is 0. The Morgan fingerprint density at radius 1 is 0.382 bits per heavy atom. The van der Waals surface area contributed by atoms with Crippen LogP contribution in [-0.4, -0.2) is 0 Å². The predicted octanol–water partition coefficient (Wildman–Crippen LogP) is 14.8. The van der Waals surface area contributed by atoms with Crippen molar-refractivity contribution >= 4 is 82.9 Å². The number of furan rings is 3. The maximum absolute atomic E-state index is 6.97. The first-order valence-electron chi connectivity index (χ1n) is 18.8. The molecule has 3 heterocycles. The summed E-state index contributed by atoms with van der Waals surface area (Å²) >= 11 is 0. The lowest BCUT2D eigenvalue weighted by Crippen LogP contribution is -2.16. The van der Waals surface area contributed by atoms with Crippen molar-refractivity contribution in [2.24, 2.45) is 0 Å². The molecular weight excluding hydrogens is 675 g/mol. The topological polar surface area (TPSA) is 42.7 Å². The van der Waals surface area contributed by atoms with Gasteiger partial charge in [0.05, 0.1) is 5.69 Å². The van der Waals surface area contributed by atoms with E-state index >= 15 is 0 Å². The molecule has 8 aromatic carbocycles. The van der Waals surface area contributed by atoms with Crippen molar-refractivity contribution in [3.8, 4) is 22.3 Å². The largest absolute Gasteiger partial charge is 0.456 e. The van der Waals surface area contributed by atoms with Crippen molar-refractivity contribution in [1.82, 2.24) is 0 Å². The summed E-state index contributed by atoms with van der Waals surface area (Å²) in [5.74, 6) is 0. The molecule has 0 aliphatic heterocycles. The van der Waals surface area contributed by atoms with Crippen molar-refractivity contribution in [1.29, 1.82) is 0 Å². The van der Waals surface area contributed by atoms with E-state index in [4.69, 9.17) is 13.3 Å². The van der Waals surface area contributed by atoms with Crippen LogP contribution >= 0.6 is 0 Å². The highest BCUT2D eigenvalue weighted by Gasteiger charge is 2.36. The molecule has 11 aromatic rings. The van der Waals surface area contributed by atoms with Gasteiger partial charge in [-0.05, 0) is 82.4 Å². The first kappa shape index (κ1) is 30.4. The molecular formula is C51H33NO3.